The average molecular weight is 503 g/mol. The van der Waals surface area contributed by atoms with Gasteiger partial charge < -0.3 is 20.7 Å². The molecule has 0 atom stereocenters. The molecule has 1 heterocycles. The first-order chi connectivity index (χ1) is 13.2. The predicted molar refractivity (Wildman–Crippen MR) is 123 cm³/mol. The van der Waals surface area contributed by atoms with Crippen molar-refractivity contribution < 1.29 is 9.53 Å². The first-order valence-corrected chi connectivity index (χ1v) is 9.88. The van der Waals surface area contributed by atoms with E-state index in [4.69, 9.17) is 9.73 Å². The number of carbonyl (C=O) groups excluding carboxylic acids is 1. The van der Waals surface area contributed by atoms with Gasteiger partial charge in [0.2, 0.25) is 0 Å². The molecule has 28 heavy (non-hydrogen) atoms. The number of nitrogens with one attached hydrogen (secondary N) is 3. The SMILES string of the molecule is CCNC(=NCC1(CCOC)CCCC1)NCCNC(=O)c1cccnc1.I. The molecular formula is C20H34IN5O2. The Kier molecular flexibility index (Phi) is 12.1. The van der Waals surface area contributed by atoms with Gasteiger partial charge in [0.25, 0.3) is 5.91 Å². The third-order valence-corrected chi connectivity index (χ3v) is 5.04. The zero-order valence-corrected chi connectivity index (χ0v) is 19.3. The number of guanidine groups is 1. The first-order valence-electron chi connectivity index (χ1n) is 9.88. The molecule has 0 radical (unpaired) electrons. The van der Waals surface area contributed by atoms with E-state index in [1.54, 1.807) is 31.6 Å². The third kappa shape index (κ3) is 8.30. The highest BCUT2D eigenvalue weighted by Crippen LogP contribution is 2.41. The summed E-state index contributed by atoms with van der Waals surface area (Å²) in [4.78, 5) is 20.8. The largest absolute Gasteiger partial charge is 0.385 e. The number of halogens is 1. The summed E-state index contributed by atoms with van der Waals surface area (Å²) >= 11 is 0. The highest BCUT2D eigenvalue weighted by atomic mass is 127. The van der Waals surface area contributed by atoms with Gasteiger partial charge in [-0.15, -0.1) is 24.0 Å². The summed E-state index contributed by atoms with van der Waals surface area (Å²) in [7, 11) is 1.76. The van der Waals surface area contributed by atoms with Gasteiger partial charge in [-0.25, -0.2) is 0 Å². The maximum atomic E-state index is 12.0. The van der Waals surface area contributed by atoms with E-state index in [0.29, 0.717) is 18.7 Å². The van der Waals surface area contributed by atoms with Gasteiger partial charge in [0.15, 0.2) is 5.96 Å². The Bertz CT molecular complexity index is 592. The zero-order valence-electron chi connectivity index (χ0n) is 17.0. The third-order valence-electron chi connectivity index (χ3n) is 5.04. The Labute approximate surface area is 185 Å². The molecule has 0 spiro atoms. The van der Waals surface area contributed by atoms with Gasteiger partial charge in [0.1, 0.15) is 0 Å². The van der Waals surface area contributed by atoms with E-state index in [-0.39, 0.29) is 35.3 Å². The van der Waals surface area contributed by atoms with Crippen molar-refractivity contribution in [3.05, 3.63) is 30.1 Å². The molecule has 0 unspecified atom stereocenters. The highest BCUT2D eigenvalue weighted by Gasteiger charge is 2.33. The van der Waals surface area contributed by atoms with Gasteiger partial charge in [0.05, 0.1) is 5.56 Å². The summed E-state index contributed by atoms with van der Waals surface area (Å²) in [5, 5.41) is 9.47. The molecule has 0 saturated heterocycles. The van der Waals surface area contributed by atoms with Gasteiger partial charge in [-0.1, -0.05) is 12.8 Å². The molecule has 1 fully saturated rings. The molecule has 0 bridgehead atoms. The fraction of sp³-hybridized carbons (Fsp3) is 0.650. The summed E-state index contributed by atoms with van der Waals surface area (Å²) in [6.45, 7) is 5.60. The first kappa shape index (κ1) is 24.6. The van der Waals surface area contributed by atoms with Crippen molar-refractivity contribution in [1.29, 1.82) is 0 Å². The van der Waals surface area contributed by atoms with Crippen LogP contribution in [0.25, 0.3) is 0 Å². The van der Waals surface area contributed by atoms with Gasteiger partial charge in [0, 0.05) is 52.3 Å². The number of aliphatic imine (C=N–C) groups is 1. The summed E-state index contributed by atoms with van der Waals surface area (Å²) in [6.07, 6.45) is 9.29. The second kappa shape index (κ2) is 13.7. The Balaban J connectivity index is 0.00000392. The van der Waals surface area contributed by atoms with Gasteiger partial charge in [-0.2, -0.15) is 0 Å². The molecule has 8 heteroatoms. The van der Waals surface area contributed by atoms with Crippen LogP contribution in [0.2, 0.25) is 0 Å². The van der Waals surface area contributed by atoms with Crippen molar-refractivity contribution >= 4 is 35.8 Å². The molecular weight excluding hydrogens is 469 g/mol. The van der Waals surface area contributed by atoms with Crippen LogP contribution >= 0.6 is 24.0 Å². The van der Waals surface area contributed by atoms with Crippen LogP contribution in [0.5, 0.6) is 0 Å². The molecule has 3 N–H and O–H groups in total. The fourth-order valence-electron chi connectivity index (χ4n) is 3.48. The van der Waals surface area contributed by atoms with Crippen LogP contribution in [-0.2, 0) is 4.74 Å². The summed E-state index contributed by atoms with van der Waals surface area (Å²) in [6, 6.07) is 3.51. The minimum absolute atomic E-state index is 0. The molecule has 1 amide bonds. The Hall–Kier alpha value is -1.42. The lowest BCUT2D eigenvalue weighted by Crippen LogP contribution is -2.42. The lowest BCUT2D eigenvalue weighted by Gasteiger charge is -2.27. The average Bonchev–Trinajstić information content (AvgIpc) is 3.17. The van der Waals surface area contributed by atoms with E-state index in [9.17, 15) is 4.79 Å². The second-order valence-corrected chi connectivity index (χ2v) is 7.07. The summed E-state index contributed by atoms with van der Waals surface area (Å²) in [5.41, 5.74) is 0.840. The summed E-state index contributed by atoms with van der Waals surface area (Å²) in [5.74, 6) is 0.688. The number of carbonyl (C=O) groups is 1. The number of amides is 1. The van der Waals surface area contributed by atoms with E-state index in [1.807, 2.05) is 0 Å². The van der Waals surface area contributed by atoms with Gasteiger partial charge in [-0.05, 0) is 43.7 Å². The molecule has 2 rings (SSSR count). The molecule has 0 aromatic carbocycles. The van der Waals surface area contributed by atoms with E-state index in [1.165, 1.54) is 25.7 Å². The monoisotopic (exact) mass is 503 g/mol. The lowest BCUT2D eigenvalue weighted by atomic mass is 9.83. The van der Waals surface area contributed by atoms with Crippen LogP contribution in [0.3, 0.4) is 0 Å². The van der Waals surface area contributed by atoms with Crippen molar-refractivity contribution in [2.45, 2.75) is 39.0 Å². The van der Waals surface area contributed by atoms with Gasteiger partial charge in [-0.3, -0.25) is 14.8 Å². The molecule has 0 aliphatic heterocycles. The molecule has 1 aliphatic rings. The predicted octanol–water partition coefficient (Wildman–Crippen LogP) is 2.58. The number of methoxy groups -OCH3 is 1. The van der Waals surface area contributed by atoms with Crippen LogP contribution in [-0.4, -0.2) is 56.7 Å². The number of ether oxygens (including phenoxy) is 1. The minimum Gasteiger partial charge on any atom is -0.385 e. The number of hydrogen-bond acceptors (Lipinski definition) is 4. The number of pyridine rings is 1. The molecule has 1 aromatic rings. The van der Waals surface area contributed by atoms with E-state index in [0.717, 1.165) is 32.1 Å². The standard InChI is InChI=1S/C20H33N5O2.HI/c1-3-22-19(25-16-20(10-14-27-2)8-4-5-9-20)24-13-12-23-18(26)17-7-6-11-21-15-17;/h6-7,11,15H,3-5,8-10,12-14,16H2,1-2H3,(H,23,26)(H2,22,24,25);1H. The van der Waals surface area contributed by atoms with E-state index in [2.05, 4.69) is 27.9 Å². The van der Waals surface area contributed by atoms with E-state index < -0.39 is 0 Å². The molecule has 1 saturated carbocycles. The van der Waals surface area contributed by atoms with Crippen LogP contribution in [0.1, 0.15) is 49.4 Å². The fourth-order valence-corrected chi connectivity index (χ4v) is 3.48. The quantitative estimate of drug-likeness (QED) is 0.198. The van der Waals surface area contributed by atoms with Crippen LogP contribution in [0.15, 0.2) is 29.5 Å². The molecule has 7 nitrogen and oxygen atoms in total. The Morgan fingerprint density at radius 3 is 2.64 bits per heavy atom. The number of aromatic nitrogens is 1. The van der Waals surface area contributed by atoms with Crippen molar-refractivity contribution in [1.82, 2.24) is 20.9 Å². The van der Waals surface area contributed by atoms with Crippen molar-refractivity contribution in [2.24, 2.45) is 10.4 Å². The lowest BCUT2D eigenvalue weighted by molar-refractivity contribution is 0.0954. The zero-order chi connectivity index (χ0) is 19.4. The van der Waals surface area contributed by atoms with Gasteiger partial charge >= 0.3 is 0 Å². The number of hydrogen-bond donors (Lipinski definition) is 3. The van der Waals surface area contributed by atoms with Crippen LogP contribution in [0.4, 0.5) is 0 Å². The Morgan fingerprint density at radius 1 is 1.25 bits per heavy atom. The maximum Gasteiger partial charge on any atom is 0.252 e. The number of rotatable bonds is 10. The molecule has 1 aliphatic carbocycles. The normalized spacial score (nSPS) is 15.6. The Morgan fingerprint density at radius 2 is 2.00 bits per heavy atom. The molecule has 158 valence electrons. The van der Waals surface area contributed by atoms with E-state index >= 15 is 0 Å². The minimum atomic E-state index is -0.115. The van der Waals surface area contributed by atoms with Crippen molar-refractivity contribution in [3.63, 3.8) is 0 Å². The summed E-state index contributed by atoms with van der Waals surface area (Å²) < 4.78 is 5.30. The van der Waals surface area contributed by atoms with Crippen molar-refractivity contribution in [3.8, 4) is 0 Å². The second-order valence-electron chi connectivity index (χ2n) is 7.07. The molecule has 1 aromatic heterocycles. The van der Waals surface area contributed by atoms with Crippen molar-refractivity contribution in [2.75, 3.05) is 39.9 Å². The highest BCUT2D eigenvalue weighted by molar-refractivity contribution is 14.0. The number of nitrogens with zero attached hydrogens (tertiary/aromatic N) is 2. The smallest absolute Gasteiger partial charge is 0.252 e. The van der Waals surface area contributed by atoms with Crippen LogP contribution in [0, 0.1) is 5.41 Å². The van der Waals surface area contributed by atoms with Crippen LogP contribution < -0.4 is 16.0 Å². The maximum absolute atomic E-state index is 12.0. The topological polar surface area (TPSA) is 87.6 Å².